The molecule has 2 aromatic carbocycles. The van der Waals surface area contributed by atoms with E-state index in [1.54, 1.807) is 0 Å². The van der Waals surface area contributed by atoms with Gasteiger partial charge in [0.2, 0.25) is 0 Å². The van der Waals surface area contributed by atoms with Crippen LogP contribution in [0, 0.1) is 6.92 Å². The van der Waals surface area contributed by atoms with E-state index in [1.165, 1.54) is 22.3 Å². The van der Waals surface area contributed by atoms with Gasteiger partial charge in [0.25, 0.3) is 0 Å². The fraction of sp³-hybridized carbons (Fsp3) is 0.294. The van der Waals surface area contributed by atoms with E-state index in [2.05, 4.69) is 55.5 Å². The van der Waals surface area contributed by atoms with Gasteiger partial charge in [0.1, 0.15) is 0 Å². The van der Waals surface area contributed by atoms with Crippen LogP contribution in [0.25, 0.3) is 0 Å². The van der Waals surface area contributed by atoms with E-state index < -0.39 is 0 Å². The second-order valence-electron chi connectivity index (χ2n) is 5.36. The van der Waals surface area contributed by atoms with Crippen molar-refractivity contribution in [2.45, 2.75) is 31.7 Å². The first-order valence-corrected chi connectivity index (χ1v) is 6.63. The minimum absolute atomic E-state index is 0.239. The fourth-order valence-corrected chi connectivity index (χ4v) is 2.82. The molecule has 2 unspecified atom stereocenters. The Morgan fingerprint density at radius 2 is 1.83 bits per heavy atom. The largest absolute Gasteiger partial charge is 0.327 e. The highest BCUT2D eigenvalue weighted by Gasteiger charge is 2.30. The third kappa shape index (κ3) is 2.06. The molecule has 0 fully saturated rings. The van der Waals surface area contributed by atoms with Gasteiger partial charge in [-0.25, -0.2) is 0 Å². The van der Waals surface area contributed by atoms with Crippen molar-refractivity contribution in [2.75, 3.05) is 0 Å². The zero-order valence-corrected chi connectivity index (χ0v) is 10.8. The van der Waals surface area contributed by atoms with Crippen molar-refractivity contribution < 1.29 is 0 Å². The lowest BCUT2D eigenvalue weighted by Gasteiger charge is -2.34. The second-order valence-corrected chi connectivity index (χ2v) is 5.36. The van der Waals surface area contributed by atoms with Crippen LogP contribution in [0.2, 0.25) is 0 Å². The van der Waals surface area contributed by atoms with Crippen LogP contribution in [0.4, 0.5) is 0 Å². The van der Waals surface area contributed by atoms with Crippen LogP contribution in [-0.4, -0.2) is 6.04 Å². The Labute approximate surface area is 109 Å². The van der Waals surface area contributed by atoms with Crippen molar-refractivity contribution in [2.24, 2.45) is 5.73 Å². The van der Waals surface area contributed by atoms with Crippen LogP contribution in [0.15, 0.2) is 48.5 Å². The van der Waals surface area contributed by atoms with E-state index in [-0.39, 0.29) is 6.04 Å². The maximum Gasteiger partial charge on any atom is 0.0152 e. The lowest BCUT2D eigenvalue weighted by molar-refractivity contribution is 0.480. The molecule has 0 spiro atoms. The summed E-state index contributed by atoms with van der Waals surface area (Å²) in [6.07, 6.45) is 2.11. The first-order valence-electron chi connectivity index (χ1n) is 6.63. The molecule has 18 heavy (non-hydrogen) atoms. The minimum Gasteiger partial charge on any atom is -0.327 e. The van der Waals surface area contributed by atoms with Crippen molar-refractivity contribution in [1.29, 1.82) is 0 Å². The quantitative estimate of drug-likeness (QED) is 0.871. The highest BCUT2D eigenvalue weighted by Crippen LogP contribution is 2.37. The number of nitrogens with two attached hydrogens (primary N) is 1. The number of aryl methyl sites for hydroxylation is 1. The molecule has 1 aliphatic carbocycles. The Balaban J connectivity index is 1.70. The lowest BCUT2D eigenvalue weighted by atomic mass is 9.72. The van der Waals surface area contributed by atoms with Gasteiger partial charge in [0, 0.05) is 12.0 Å². The zero-order chi connectivity index (χ0) is 12.5. The topological polar surface area (TPSA) is 26.0 Å². The highest BCUT2D eigenvalue weighted by molar-refractivity contribution is 5.41. The molecule has 0 saturated carbocycles. The first-order chi connectivity index (χ1) is 8.74. The molecule has 2 atom stereocenters. The third-order valence-corrected chi connectivity index (χ3v) is 4.00. The fourth-order valence-electron chi connectivity index (χ4n) is 2.82. The standard InChI is InChI=1S/C17H19N/c1-12-6-8-13(9-7-12)10-17(18)16-11-14-4-2-3-5-15(14)16/h2-9,16-17H,10-11,18H2,1H3. The highest BCUT2D eigenvalue weighted by atomic mass is 14.7. The monoisotopic (exact) mass is 237 g/mol. The van der Waals surface area contributed by atoms with Gasteiger partial charge in [0.15, 0.2) is 0 Å². The molecule has 1 nitrogen and oxygen atoms in total. The summed E-state index contributed by atoms with van der Waals surface area (Å²) >= 11 is 0. The summed E-state index contributed by atoms with van der Waals surface area (Å²) in [5.41, 5.74) is 11.9. The first kappa shape index (κ1) is 11.5. The number of hydrogen-bond acceptors (Lipinski definition) is 1. The predicted octanol–water partition coefficient (Wildman–Crippen LogP) is 3.20. The third-order valence-electron chi connectivity index (χ3n) is 4.00. The molecule has 0 radical (unpaired) electrons. The summed E-state index contributed by atoms with van der Waals surface area (Å²) in [7, 11) is 0. The van der Waals surface area contributed by atoms with E-state index in [1.807, 2.05) is 0 Å². The summed E-state index contributed by atoms with van der Waals surface area (Å²) in [6, 6.07) is 17.6. The van der Waals surface area contributed by atoms with Crippen LogP contribution in [0.3, 0.4) is 0 Å². The summed E-state index contributed by atoms with van der Waals surface area (Å²) in [4.78, 5) is 0. The predicted molar refractivity (Wildman–Crippen MR) is 75.7 cm³/mol. The Morgan fingerprint density at radius 3 is 2.56 bits per heavy atom. The van der Waals surface area contributed by atoms with Gasteiger partial charge in [-0.2, -0.15) is 0 Å². The molecule has 0 saturated heterocycles. The van der Waals surface area contributed by atoms with Crippen LogP contribution in [-0.2, 0) is 12.8 Å². The van der Waals surface area contributed by atoms with Gasteiger partial charge in [-0.3, -0.25) is 0 Å². The van der Waals surface area contributed by atoms with Crippen molar-refractivity contribution >= 4 is 0 Å². The SMILES string of the molecule is Cc1ccc(CC(N)C2Cc3ccccc32)cc1. The summed E-state index contributed by atoms with van der Waals surface area (Å²) in [5, 5.41) is 0. The van der Waals surface area contributed by atoms with E-state index in [4.69, 9.17) is 5.73 Å². The molecule has 2 aromatic rings. The maximum atomic E-state index is 6.36. The summed E-state index contributed by atoms with van der Waals surface area (Å²) in [5.74, 6) is 0.544. The average molecular weight is 237 g/mol. The molecular weight excluding hydrogens is 218 g/mol. The maximum absolute atomic E-state index is 6.36. The molecule has 0 amide bonds. The van der Waals surface area contributed by atoms with Crippen molar-refractivity contribution in [3.63, 3.8) is 0 Å². The molecule has 0 aromatic heterocycles. The van der Waals surface area contributed by atoms with E-state index >= 15 is 0 Å². The van der Waals surface area contributed by atoms with Gasteiger partial charge in [-0.15, -0.1) is 0 Å². The molecule has 0 heterocycles. The molecular formula is C17H19N. The van der Waals surface area contributed by atoms with Gasteiger partial charge in [-0.05, 0) is 36.5 Å². The van der Waals surface area contributed by atoms with Crippen molar-refractivity contribution in [1.82, 2.24) is 0 Å². The molecule has 2 N–H and O–H groups in total. The lowest BCUT2D eigenvalue weighted by Crippen LogP contribution is -2.37. The van der Waals surface area contributed by atoms with Crippen molar-refractivity contribution in [3.8, 4) is 0 Å². The van der Waals surface area contributed by atoms with Gasteiger partial charge >= 0.3 is 0 Å². The van der Waals surface area contributed by atoms with Crippen LogP contribution < -0.4 is 5.73 Å². The molecule has 0 aliphatic heterocycles. The molecule has 3 rings (SSSR count). The van der Waals surface area contributed by atoms with Crippen LogP contribution in [0.1, 0.15) is 28.2 Å². The van der Waals surface area contributed by atoms with E-state index in [0.29, 0.717) is 5.92 Å². The average Bonchev–Trinajstić information content (AvgIpc) is 2.34. The number of fused-ring (bicyclic) bond motifs is 1. The normalized spacial score (nSPS) is 18.9. The number of hydrogen-bond donors (Lipinski definition) is 1. The second kappa shape index (κ2) is 4.58. The summed E-state index contributed by atoms with van der Waals surface area (Å²) < 4.78 is 0. The smallest absolute Gasteiger partial charge is 0.0152 e. The van der Waals surface area contributed by atoms with E-state index in [0.717, 1.165) is 12.8 Å². The number of rotatable bonds is 3. The molecule has 1 aliphatic rings. The molecule has 92 valence electrons. The van der Waals surface area contributed by atoms with Gasteiger partial charge in [0.05, 0.1) is 0 Å². The molecule has 1 heteroatoms. The minimum atomic E-state index is 0.239. The number of benzene rings is 2. The van der Waals surface area contributed by atoms with E-state index in [9.17, 15) is 0 Å². The van der Waals surface area contributed by atoms with Gasteiger partial charge in [-0.1, -0.05) is 54.1 Å². The Morgan fingerprint density at radius 1 is 1.11 bits per heavy atom. The zero-order valence-electron chi connectivity index (χ0n) is 10.8. The van der Waals surface area contributed by atoms with Gasteiger partial charge < -0.3 is 5.73 Å². The Kier molecular flexibility index (Phi) is 2.92. The molecule has 0 bridgehead atoms. The van der Waals surface area contributed by atoms with Crippen LogP contribution >= 0.6 is 0 Å². The summed E-state index contributed by atoms with van der Waals surface area (Å²) in [6.45, 7) is 2.12. The van der Waals surface area contributed by atoms with Crippen LogP contribution in [0.5, 0.6) is 0 Å². The Bertz CT molecular complexity index is 542. The van der Waals surface area contributed by atoms with Crippen molar-refractivity contribution in [3.05, 3.63) is 70.8 Å². The Hall–Kier alpha value is -1.60.